The summed E-state index contributed by atoms with van der Waals surface area (Å²) in [5, 5.41) is 2.73. The van der Waals surface area contributed by atoms with Crippen molar-refractivity contribution in [2.24, 2.45) is 0 Å². The summed E-state index contributed by atoms with van der Waals surface area (Å²) < 4.78 is 21.1. The van der Waals surface area contributed by atoms with Crippen LogP contribution in [0, 0.1) is 0 Å². The average molecular weight is 385 g/mol. The van der Waals surface area contributed by atoms with Gasteiger partial charge in [0.25, 0.3) is 5.91 Å². The van der Waals surface area contributed by atoms with Gasteiger partial charge in [0.05, 0.1) is 0 Å². The number of esters is 1. The van der Waals surface area contributed by atoms with Crippen molar-refractivity contribution in [2.75, 3.05) is 13.4 Å². The standard InChI is InChI=1S/C21H23NO6/c1-3-15-4-7-17(8-5-15)25-12-20(23)28-14(2)21(24)22-11-16-6-9-18-19(10-16)27-13-26-18/h4-10,14H,3,11-13H2,1-2H3,(H,22,24)/t14-/m0/s1. The number of fused-ring (bicyclic) bond motifs is 1. The van der Waals surface area contributed by atoms with Crippen molar-refractivity contribution in [3.63, 3.8) is 0 Å². The zero-order valence-corrected chi connectivity index (χ0v) is 15.9. The van der Waals surface area contributed by atoms with Crippen LogP contribution in [-0.4, -0.2) is 31.4 Å². The number of hydrogen-bond donors (Lipinski definition) is 1. The molecule has 1 atom stereocenters. The highest BCUT2D eigenvalue weighted by Crippen LogP contribution is 2.32. The van der Waals surface area contributed by atoms with Crippen molar-refractivity contribution in [1.82, 2.24) is 5.32 Å². The van der Waals surface area contributed by atoms with Gasteiger partial charge in [-0.15, -0.1) is 0 Å². The van der Waals surface area contributed by atoms with Crippen LogP contribution in [-0.2, 0) is 27.3 Å². The molecule has 0 saturated carbocycles. The maximum Gasteiger partial charge on any atom is 0.344 e. The van der Waals surface area contributed by atoms with E-state index in [1.165, 1.54) is 12.5 Å². The SMILES string of the molecule is CCc1ccc(OCC(=O)O[C@@H](C)C(=O)NCc2ccc3c(c2)OCO3)cc1. The highest BCUT2D eigenvalue weighted by Gasteiger charge is 2.19. The Kier molecular flexibility index (Phi) is 6.37. The number of ether oxygens (including phenoxy) is 4. The Labute approximate surface area is 163 Å². The van der Waals surface area contributed by atoms with Gasteiger partial charge in [0.2, 0.25) is 6.79 Å². The van der Waals surface area contributed by atoms with Crippen LogP contribution in [0.4, 0.5) is 0 Å². The quantitative estimate of drug-likeness (QED) is 0.704. The van der Waals surface area contributed by atoms with Gasteiger partial charge in [0.1, 0.15) is 5.75 Å². The number of aryl methyl sites for hydroxylation is 1. The molecule has 7 nitrogen and oxygen atoms in total. The summed E-state index contributed by atoms with van der Waals surface area (Å²) in [6, 6.07) is 12.9. The third-order valence-corrected chi connectivity index (χ3v) is 4.27. The molecule has 2 aromatic rings. The van der Waals surface area contributed by atoms with Crippen molar-refractivity contribution in [1.29, 1.82) is 0 Å². The molecule has 2 aromatic carbocycles. The van der Waals surface area contributed by atoms with Crippen LogP contribution in [0.2, 0.25) is 0 Å². The number of hydrogen-bond acceptors (Lipinski definition) is 6. The molecule has 0 fully saturated rings. The van der Waals surface area contributed by atoms with Gasteiger partial charge in [-0.1, -0.05) is 25.1 Å². The zero-order chi connectivity index (χ0) is 19.9. The van der Waals surface area contributed by atoms with Crippen LogP contribution in [0.5, 0.6) is 17.2 Å². The fraction of sp³-hybridized carbons (Fsp3) is 0.333. The van der Waals surface area contributed by atoms with Gasteiger partial charge >= 0.3 is 5.97 Å². The van der Waals surface area contributed by atoms with E-state index >= 15 is 0 Å². The highest BCUT2D eigenvalue weighted by molar-refractivity contribution is 5.83. The molecule has 1 heterocycles. The molecule has 0 aliphatic carbocycles. The van der Waals surface area contributed by atoms with E-state index in [1.54, 1.807) is 24.3 Å². The number of carbonyl (C=O) groups is 2. The van der Waals surface area contributed by atoms with Gasteiger partial charge in [0, 0.05) is 6.54 Å². The monoisotopic (exact) mass is 385 g/mol. The van der Waals surface area contributed by atoms with Crippen LogP contribution < -0.4 is 19.5 Å². The molecular formula is C21H23NO6. The van der Waals surface area contributed by atoms with E-state index in [9.17, 15) is 9.59 Å². The smallest absolute Gasteiger partial charge is 0.344 e. The van der Waals surface area contributed by atoms with Crippen LogP contribution in [0.25, 0.3) is 0 Å². The van der Waals surface area contributed by atoms with Gasteiger partial charge in [-0.2, -0.15) is 0 Å². The van der Waals surface area contributed by atoms with Gasteiger partial charge < -0.3 is 24.3 Å². The number of rotatable bonds is 8. The first-order valence-electron chi connectivity index (χ1n) is 9.12. The molecule has 0 unspecified atom stereocenters. The van der Waals surface area contributed by atoms with Crippen LogP contribution in [0.1, 0.15) is 25.0 Å². The minimum Gasteiger partial charge on any atom is -0.482 e. The van der Waals surface area contributed by atoms with Crippen LogP contribution in [0.15, 0.2) is 42.5 Å². The zero-order valence-electron chi connectivity index (χ0n) is 15.9. The number of benzene rings is 2. The minimum absolute atomic E-state index is 0.197. The second kappa shape index (κ2) is 9.12. The Morgan fingerprint density at radius 2 is 1.79 bits per heavy atom. The third-order valence-electron chi connectivity index (χ3n) is 4.27. The lowest BCUT2D eigenvalue weighted by molar-refractivity contribution is -0.156. The van der Waals surface area contributed by atoms with Gasteiger partial charge in [-0.25, -0.2) is 4.79 Å². The van der Waals surface area contributed by atoms with Crippen molar-refractivity contribution < 1.29 is 28.5 Å². The lowest BCUT2D eigenvalue weighted by Crippen LogP contribution is -2.36. The maximum atomic E-state index is 12.1. The summed E-state index contributed by atoms with van der Waals surface area (Å²) in [5.41, 5.74) is 2.04. The Bertz CT molecular complexity index is 833. The topological polar surface area (TPSA) is 83.1 Å². The van der Waals surface area contributed by atoms with Gasteiger partial charge in [0.15, 0.2) is 24.2 Å². The van der Waals surface area contributed by atoms with E-state index in [1.807, 2.05) is 18.2 Å². The summed E-state index contributed by atoms with van der Waals surface area (Å²) in [6.07, 6.45) is 0.00821. The Hall–Kier alpha value is -3.22. The van der Waals surface area contributed by atoms with Gasteiger partial charge in [-0.05, 0) is 48.7 Å². The highest BCUT2D eigenvalue weighted by atomic mass is 16.7. The van der Waals surface area contributed by atoms with E-state index in [-0.39, 0.29) is 19.9 Å². The molecule has 0 spiro atoms. The largest absolute Gasteiger partial charge is 0.482 e. The molecule has 7 heteroatoms. The predicted molar refractivity (Wildman–Crippen MR) is 101 cm³/mol. The van der Waals surface area contributed by atoms with Crippen molar-refractivity contribution in [3.05, 3.63) is 53.6 Å². The molecule has 148 valence electrons. The first-order valence-corrected chi connectivity index (χ1v) is 9.12. The van der Waals surface area contributed by atoms with E-state index in [0.29, 0.717) is 17.2 Å². The molecule has 0 bridgehead atoms. The van der Waals surface area contributed by atoms with E-state index in [4.69, 9.17) is 18.9 Å². The number of amides is 1. The van der Waals surface area contributed by atoms with Crippen LogP contribution >= 0.6 is 0 Å². The summed E-state index contributed by atoms with van der Waals surface area (Å²) in [6.45, 7) is 3.81. The lowest BCUT2D eigenvalue weighted by Gasteiger charge is -2.14. The predicted octanol–water partition coefficient (Wildman–Crippen LogP) is 2.60. The maximum absolute atomic E-state index is 12.1. The fourth-order valence-electron chi connectivity index (χ4n) is 2.63. The Morgan fingerprint density at radius 1 is 1.07 bits per heavy atom. The molecule has 3 rings (SSSR count). The lowest BCUT2D eigenvalue weighted by atomic mass is 10.2. The molecule has 0 radical (unpaired) electrons. The molecule has 1 aliphatic rings. The number of nitrogens with one attached hydrogen (secondary N) is 1. The second-order valence-corrected chi connectivity index (χ2v) is 6.32. The molecule has 1 N–H and O–H groups in total. The molecule has 0 saturated heterocycles. The summed E-state index contributed by atoms with van der Waals surface area (Å²) >= 11 is 0. The van der Waals surface area contributed by atoms with Crippen molar-refractivity contribution in [3.8, 4) is 17.2 Å². The minimum atomic E-state index is -0.924. The normalized spacial score (nSPS) is 12.9. The first kappa shape index (κ1) is 19.5. The van der Waals surface area contributed by atoms with Crippen molar-refractivity contribution >= 4 is 11.9 Å². The molecular weight excluding hydrogens is 362 g/mol. The molecule has 1 aliphatic heterocycles. The van der Waals surface area contributed by atoms with E-state index < -0.39 is 18.0 Å². The molecule has 1 amide bonds. The third kappa shape index (κ3) is 5.16. The number of carbonyl (C=O) groups excluding carboxylic acids is 2. The average Bonchev–Trinajstić information content (AvgIpc) is 3.18. The summed E-state index contributed by atoms with van der Waals surface area (Å²) in [5.74, 6) is 0.912. The fourth-order valence-corrected chi connectivity index (χ4v) is 2.63. The van der Waals surface area contributed by atoms with Gasteiger partial charge in [-0.3, -0.25) is 4.79 Å². The second-order valence-electron chi connectivity index (χ2n) is 6.32. The van der Waals surface area contributed by atoms with Crippen LogP contribution in [0.3, 0.4) is 0 Å². The van der Waals surface area contributed by atoms with Crippen molar-refractivity contribution in [2.45, 2.75) is 32.9 Å². The molecule has 28 heavy (non-hydrogen) atoms. The Morgan fingerprint density at radius 3 is 2.54 bits per heavy atom. The Balaban J connectivity index is 1.41. The molecule has 0 aromatic heterocycles. The summed E-state index contributed by atoms with van der Waals surface area (Å²) in [7, 11) is 0. The van der Waals surface area contributed by atoms with E-state index in [0.717, 1.165) is 12.0 Å². The first-order chi connectivity index (χ1) is 13.5. The summed E-state index contributed by atoms with van der Waals surface area (Å²) in [4.78, 5) is 24.0. The van der Waals surface area contributed by atoms with E-state index in [2.05, 4.69) is 12.2 Å².